The minimum atomic E-state index is -3.67. The number of hydrogen-bond donors (Lipinski definition) is 1. The molecule has 11 heteroatoms. The third-order valence-electron chi connectivity index (χ3n) is 4.70. The van der Waals surface area contributed by atoms with Crippen molar-refractivity contribution in [3.05, 3.63) is 59.4 Å². The summed E-state index contributed by atoms with van der Waals surface area (Å²) in [6.07, 6.45) is 0. The van der Waals surface area contributed by atoms with E-state index >= 15 is 0 Å². The van der Waals surface area contributed by atoms with Gasteiger partial charge in [0.15, 0.2) is 5.16 Å². The summed E-state index contributed by atoms with van der Waals surface area (Å²) in [5.41, 5.74) is 1.14. The van der Waals surface area contributed by atoms with E-state index in [-0.39, 0.29) is 27.3 Å². The van der Waals surface area contributed by atoms with E-state index in [2.05, 4.69) is 15.5 Å². The third-order valence-corrected chi connectivity index (χ3v) is 8.00. The van der Waals surface area contributed by atoms with Gasteiger partial charge in [-0.25, -0.2) is 8.42 Å². The first kappa shape index (κ1) is 24.2. The van der Waals surface area contributed by atoms with Gasteiger partial charge in [-0.05, 0) is 37.3 Å². The Hall–Kier alpha value is -2.40. The second kappa shape index (κ2) is 10.5. The Kier molecular flexibility index (Phi) is 7.94. The van der Waals surface area contributed by atoms with Crippen molar-refractivity contribution in [3.8, 4) is 5.69 Å². The number of halogens is 1. The predicted molar refractivity (Wildman–Crippen MR) is 127 cm³/mol. The van der Waals surface area contributed by atoms with Crippen molar-refractivity contribution in [1.29, 1.82) is 0 Å². The maximum absolute atomic E-state index is 12.8. The van der Waals surface area contributed by atoms with Crippen molar-refractivity contribution < 1.29 is 13.2 Å². The fourth-order valence-corrected chi connectivity index (χ4v) is 5.55. The smallest absolute Gasteiger partial charge is 0.243 e. The lowest BCUT2D eigenvalue weighted by Gasteiger charge is -2.19. The zero-order valence-electron chi connectivity index (χ0n) is 17.9. The molecule has 3 rings (SSSR count). The molecule has 0 atom stereocenters. The van der Waals surface area contributed by atoms with Gasteiger partial charge in [-0.1, -0.05) is 55.4 Å². The first-order valence-electron chi connectivity index (χ1n) is 9.97. The highest BCUT2D eigenvalue weighted by atomic mass is 35.5. The summed E-state index contributed by atoms with van der Waals surface area (Å²) in [6.45, 7) is 6.08. The normalized spacial score (nSPS) is 11.7. The monoisotopic (exact) mass is 493 g/mol. The first-order valence-corrected chi connectivity index (χ1v) is 12.8. The molecule has 0 saturated carbocycles. The summed E-state index contributed by atoms with van der Waals surface area (Å²) in [5.74, 6) is 0.417. The summed E-state index contributed by atoms with van der Waals surface area (Å²) >= 11 is 7.43. The van der Waals surface area contributed by atoms with Crippen molar-refractivity contribution in [2.45, 2.75) is 30.8 Å². The number of hydrogen-bond acceptors (Lipinski definition) is 6. The molecule has 0 radical (unpaired) electrons. The molecule has 0 unspecified atom stereocenters. The van der Waals surface area contributed by atoms with Crippen LogP contribution >= 0.6 is 23.4 Å². The Morgan fingerprint density at radius 1 is 1.12 bits per heavy atom. The number of carbonyl (C=O) groups is 1. The molecular weight excluding hydrogens is 470 g/mol. The van der Waals surface area contributed by atoms with Crippen LogP contribution in [0, 0.1) is 6.92 Å². The molecule has 0 spiro atoms. The van der Waals surface area contributed by atoms with Crippen LogP contribution in [0.5, 0.6) is 0 Å². The molecule has 0 aliphatic heterocycles. The van der Waals surface area contributed by atoms with Crippen molar-refractivity contribution in [2.24, 2.45) is 0 Å². The number of para-hydroxylation sites is 1. The highest BCUT2D eigenvalue weighted by Crippen LogP contribution is 2.28. The minimum absolute atomic E-state index is 0.0499. The Bertz CT molecular complexity index is 1200. The van der Waals surface area contributed by atoms with Crippen LogP contribution < -0.4 is 5.32 Å². The van der Waals surface area contributed by atoms with Crippen LogP contribution in [0.3, 0.4) is 0 Å². The number of anilines is 1. The van der Waals surface area contributed by atoms with Crippen LogP contribution in [0.1, 0.15) is 19.7 Å². The topological polar surface area (TPSA) is 97.2 Å². The molecular formula is C21H24ClN5O3S2. The molecule has 1 N–H and O–H groups in total. The van der Waals surface area contributed by atoms with E-state index in [1.807, 2.05) is 41.8 Å². The van der Waals surface area contributed by atoms with Crippen LogP contribution in [-0.4, -0.2) is 52.2 Å². The lowest BCUT2D eigenvalue weighted by atomic mass is 10.3. The number of rotatable bonds is 9. The summed E-state index contributed by atoms with van der Waals surface area (Å²) < 4.78 is 28.8. The molecule has 3 aromatic rings. The molecule has 0 aliphatic carbocycles. The molecule has 170 valence electrons. The number of amides is 1. The SMILES string of the molecule is CCN(CC)S(=O)(=O)c1ccc(Cl)c(NC(=O)CSc2nnc(C)n2-c2ccccc2)c1. The first-order chi connectivity index (χ1) is 15.3. The van der Waals surface area contributed by atoms with Gasteiger partial charge in [0.2, 0.25) is 15.9 Å². The molecule has 2 aromatic carbocycles. The highest BCUT2D eigenvalue weighted by Gasteiger charge is 2.23. The van der Waals surface area contributed by atoms with Crippen LogP contribution in [0.2, 0.25) is 5.02 Å². The Labute approximate surface area is 197 Å². The minimum Gasteiger partial charge on any atom is -0.324 e. The third kappa shape index (κ3) is 5.32. The number of sulfonamides is 1. The second-order valence-electron chi connectivity index (χ2n) is 6.77. The average Bonchev–Trinajstić information content (AvgIpc) is 3.15. The molecule has 0 aliphatic rings. The summed E-state index contributed by atoms with van der Waals surface area (Å²) in [6, 6.07) is 13.9. The van der Waals surface area contributed by atoms with E-state index in [0.717, 1.165) is 5.69 Å². The van der Waals surface area contributed by atoms with Gasteiger partial charge in [0, 0.05) is 18.8 Å². The van der Waals surface area contributed by atoms with Gasteiger partial charge in [-0.15, -0.1) is 10.2 Å². The zero-order valence-corrected chi connectivity index (χ0v) is 20.3. The number of thioether (sulfide) groups is 1. The second-order valence-corrected chi connectivity index (χ2v) is 10.1. The van der Waals surface area contributed by atoms with Gasteiger partial charge in [-0.2, -0.15) is 4.31 Å². The molecule has 0 fully saturated rings. The van der Waals surface area contributed by atoms with Gasteiger partial charge >= 0.3 is 0 Å². The van der Waals surface area contributed by atoms with E-state index < -0.39 is 10.0 Å². The Morgan fingerprint density at radius 3 is 2.47 bits per heavy atom. The molecule has 1 aromatic heterocycles. The van der Waals surface area contributed by atoms with Crippen LogP contribution in [-0.2, 0) is 14.8 Å². The van der Waals surface area contributed by atoms with Crippen LogP contribution in [0.15, 0.2) is 58.6 Å². The van der Waals surface area contributed by atoms with Gasteiger partial charge < -0.3 is 5.32 Å². The molecule has 8 nitrogen and oxygen atoms in total. The van der Waals surface area contributed by atoms with E-state index in [1.54, 1.807) is 13.8 Å². The lowest BCUT2D eigenvalue weighted by Crippen LogP contribution is -2.30. The van der Waals surface area contributed by atoms with Gasteiger partial charge in [-0.3, -0.25) is 9.36 Å². The van der Waals surface area contributed by atoms with E-state index in [0.29, 0.717) is 24.1 Å². The van der Waals surface area contributed by atoms with Gasteiger partial charge in [0.05, 0.1) is 21.4 Å². The summed E-state index contributed by atoms with van der Waals surface area (Å²) in [5, 5.41) is 11.8. The fraction of sp³-hybridized carbons (Fsp3) is 0.286. The average molecular weight is 494 g/mol. The molecule has 0 bridgehead atoms. The lowest BCUT2D eigenvalue weighted by molar-refractivity contribution is -0.113. The largest absolute Gasteiger partial charge is 0.324 e. The van der Waals surface area contributed by atoms with Gasteiger partial charge in [0.25, 0.3) is 0 Å². The quantitative estimate of drug-likeness (QED) is 0.453. The number of benzene rings is 2. The highest BCUT2D eigenvalue weighted by molar-refractivity contribution is 7.99. The molecule has 32 heavy (non-hydrogen) atoms. The number of aromatic nitrogens is 3. The predicted octanol–water partition coefficient (Wildman–Crippen LogP) is 3.99. The number of aryl methyl sites for hydroxylation is 1. The van der Waals surface area contributed by atoms with Crippen LogP contribution in [0.4, 0.5) is 5.69 Å². The van der Waals surface area contributed by atoms with Crippen molar-refractivity contribution in [1.82, 2.24) is 19.1 Å². The number of nitrogens with zero attached hydrogens (tertiary/aromatic N) is 4. The molecule has 0 saturated heterocycles. The fourth-order valence-electron chi connectivity index (χ4n) is 3.10. The maximum Gasteiger partial charge on any atom is 0.243 e. The van der Waals surface area contributed by atoms with Gasteiger partial charge in [0.1, 0.15) is 5.82 Å². The summed E-state index contributed by atoms with van der Waals surface area (Å²) in [7, 11) is -3.67. The maximum atomic E-state index is 12.8. The van der Waals surface area contributed by atoms with Crippen molar-refractivity contribution in [2.75, 3.05) is 24.2 Å². The number of carbonyl (C=O) groups excluding carboxylic acids is 1. The van der Waals surface area contributed by atoms with Crippen LogP contribution in [0.25, 0.3) is 5.69 Å². The Morgan fingerprint density at radius 2 is 1.81 bits per heavy atom. The van der Waals surface area contributed by atoms with E-state index in [4.69, 9.17) is 11.6 Å². The van der Waals surface area contributed by atoms with E-state index in [1.165, 1.54) is 34.3 Å². The summed E-state index contributed by atoms with van der Waals surface area (Å²) in [4.78, 5) is 12.7. The molecule has 1 amide bonds. The Balaban J connectivity index is 1.74. The van der Waals surface area contributed by atoms with Crippen molar-refractivity contribution in [3.63, 3.8) is 0 Å². The zero-order chi connectivity index (χ0) is 23.3. The number of nitrogens with one attached hydrogen (secondary N) is 1. The standard InChI is InChI=1S/C21H24ClN5O3S2/c1-4-26(5-2)32(29,30)17-11-12-18(22)19(13-17)23-20(28)14-31-21-25-24-15(3)27(21)16-9-7-6-8-10-16/h6-13H,4-5,14H2,1-3H3,(H,23,28). The van der Waals surface area contributed by atoms with E-state index in [9.17, 15) is 13.2 Å². The van der Waals surface area contributed by atoms with Crippen molar-refractivity contribution >= 4 is 45.0 Å². The molecule has 1 heterocycles.